The Morgan fingerprint density at radius 3 is 2.39 bits per heavy atom. The first kappa shape index (κ1) is 13.0. The molecule has 2 rings (SSSR count). The van der Waals surface area contributed by atoms with Gasteiger partial charge in [-0.1, -0.05) is 18.5 Å². The molecule has 0 amide bonds. The summed E-state index contributed by atoms with van der Waals surface area (Å²) in [5.74, 6) is 2.98. The van der Waals surface area contributed by atoms with Gasteiger partial charge in [-0.2, -0.15) is 4.68 Å². The van der Waals surface area contributed by atoms with E-state index in [1.807, 2.05) is 20.8 Å². The van der Waals surface area contributed by atoms with Gasteiger partial charge in [-0.25, -0.2) is 15.0 Å². The van der Waals surface area contributed by atoms with Gasteiger partial charge in [0.1, 0.15) is 22.6 Å². The van der Waals surface area contributed by atoms with Crippen molar-refractivity contribution < 1.29 is 0 Å². The molecule has 5 nitrogen and oxygen atoms in total. The zero-order valence-corrected chi connectivity index (χ0v) is 11.8. The van der Waals surface area contributed by atoms with Gasteiger partial charge in [-0.15, -0.1) is 5.10 Å². The van der Waals surface area contributed by atoms with Crippen LogP contribution in [0.1, 0.15) is 36.4 Å². The largest absolute Gasteiger partial charge is 0.221 e. The number of rotatable bonds is 3. The maximum Gasteiger partial charge on any atom is 0.163 e. The van der Waals surface area contributed by atoms with E-state index in [0.717, 1.165) is 41.7 Å². The number of nitrogens with zero attached hydrogens (tertiary/aromatic N) is 5. The Kier molecular flexibility index (Phi) is 3.61. The van der Waals surface area contributed by atoms with Crippen molar-refractivity contribution in [2.75, 3.05) is 0 Å². The molecule has 0 spiro atoms. The van der Waals surface area contributed by atoms with Gasteiger partial charge < -0.3 is 0 Å². The second-order valence-corrected chi connectivity index (χ2v) is 4.61. The maximum atomic E-state index is 6.15. The van der Waals surface area contributed by atoms with Crippen molar-refractivity contribution in [3.63, 3.8) is 0 Å². The van der Waals surface area contributed by atoms with Crippen molar-refractivity contribution >= 4 is 11.6 Å². The van der Waals surface area contributed by atoms with Crippen molar-refractivity contribution in [2.45, 2.75) is 40.5 Å². The molecule has 2 aromatic rings. The normalized spacial score (nSPS) is 10.9. The first-order valence-corrected chi connectivity index (χ1v) is 6.34. The maximum absolute atomic E-state index is 6.15. The van der Waals surface area contributed by atoms with E-state index < -0.39 is 0 Å². The molecule has 2 aromatic heterocycles. The second-order valence-electron chi connectivity index (χ2n) is 4.25. The Labute approximate surface area is 111 Å². The van der Waals surface area contributed by atoms with Crippen LogP contribution in [0.4, 0.5) is 0 Å². The van der Waals surface area contributed by atoms with Gasteiger partial charge >= 0.3 is 0 Å². The average Bonchev–Trinajstić information content (AvgIpc) is 2.63. The van der Waals surface area contributed by atoms with Gasteiger partial charge in [-0.3, -0.25) is 0 Å². The molecule has 0 N–H and O–H groups in total. The van der Waals surface area contributed by atoms with Crippen LogP contribution in [0.15, 0.2) is 0 Å². The Bertz CT molecular complexity index is 576. The fourth-order valence-electron chi connectivity index (χ4n) is 1.78. The molecule has 0 aliphatic heterocycles. The van der Waals surface area contributed by atoms with Crippen molar-refractivity contribution in [2.24, 2.45) is 0 Å². The molecule has 2 heterocycles. The summed E-state index contributed by atoms with van der Waals surface area (Å²) in [6.07, 6.45) is 1.79. The van der Waals surface area contributed by atoms with Crippen LogP contribution in [-0.4, -0.2) is 24.7 Å². The molecule has 18 heavy (non-hydrogen) atoms. The summed E-state index contributed by atoms with van der Waals surface area (Å²) in [5.41, 5.74) is 0.824. The van der Waals surface area contributed by atoms with Crippen LogP contribution in [0.3, 0.4) is 0 Å². The molecule has 0 aliphatic carbocycles. The van der Waals surface area contributed by atoms with Crippen molar-refractivity contribution in [3.05, 3.63) is 28.2 Å². The quantitative estimate of drug-likeness (QED) is 0.801. The van der Waals surface area contributed by atoms with Gasteiger partial charge in [0.2, 0.25) is 0 Å². The minimum Gasteiger partial charge on any atom is -0.221 e. The van der Waals surface area contributed by atoms with E-state index in [1.165, 1.54) is 0 Å². The zero-order valence-electron chi connectivity index (χ0n) is 11.0. The highest BCUT2D eigenvalue weighted by Crippen LogP contribution is 2.20. The van der Waals surface area contributed by atoms with E-state index in [-0.39, 0.29) is 0 Å². The van der Waals surface area contributed by atoms with Crippen LogP contribution in [0.25, 0.3) is 5.82 Å². The van der Waals surface area contributed by atoms with Crippen molar-refractivity contribution in [1.82, 2.24) is 24.7 Å². The minimum absolute atomic E-state index is 0.482. The Morgan fingerprint density at radius 1 is 1.11 bits per heavy atom. The fraction of sp³-hybridized carbons (Fsp3) is 0.500. The monoisotopic (exact) mass is 265 g/mol. The SMILES string of the molecule is CCCc1nc(Cl)c(C)c(-n2nc(C)nc2C)n1. The predicted octanol–water partition coefficient (Wildman–Crippen LogP) is 2.59. The predicted molar refractivity (Wildman–Crippen MR) is 70.2 cm³/mol. The van der Waals surface area contributed by atoms with Crippen LogP contribution in [0.2, 0.25) is 5.15 Å². The molecule has 0 saturated carbocycles. The molecule has 0 atom stereocenters. The first-order valence-electron chi connectivity index (χ1n) is 5.96. The lowest BCUT2D eigenvalue weighted by molar-refractivity contribution is 0.756. The molecule has 96 valence electrons. The molecule has 0 bridgehead atoms. The van der Waals surface area contributed by atoms with Crippen LogP contribution in [0.5, 0.6) is 0 Å². The Balaban J connectivity index is 2.59. The molecular formula is C12H16ClN5. The summed E-state index contributed by atoms with van der Waals surface area (Å²) in [7, 11) is 0. The fourth-order valence-corrected chi connectivity index (χ4v) is 1.97. The van der Waals surface area contributed by atoms with Gasteiger partial charge in [0.15, 0.2) is 5.82 Å². The van der Waals surface area contributed by atoms with E-state index in [2.05, 4.69) is 27.0 Å². The number of hydrogen-bond acceptors (Lipinski definition) is 4. The van der Waals surface area contributed by atoms with Gasteiger partial charge in [0.05, 0.1) is 0 Å². The van der Waals surface area contributed by atoms with Crippen LogP contribution in [-0.2, 0) is 6.42 Å². The molecular weight excluding hydrogens is 250 g/mol. The number of halogens is 1. The zero-order chi connectivity index (χ0) is 13.3. The second kappa shape index (κ2) is 5.02. The van der Waals surface area contributed by atoms with Crippen LogP contribution >= 0.6 is 11.6 Å². The topological polar surface area (TPSA) is 56.5 Å². The summed E-state index contributed by atoms with van der Waals surface area (Å²) < 4.78 is 1.72. The van der Waals surface area contributed by atoms with E-state index >= 15 is 0 Å². The lowest BCUT2D eigenvalue weighted by atomic mass is 10.3. The lowest BCUT2D eigenvalue weighted by Gasteiger charge is -2.09. The number of aromatic nitrogens is 5. The van der Waals surface area contributed by atoms with E-state index in [4.69, 9.17) is 11.6 Å². The van der Waals surface area contributed by atoms with Gasteiger partial charge in [0.25, 0.3) is 0 Å². The van der Waals surface area contributed by atoms with Crippen molar-refractivity contribution in [1.29, 1.82) is 0 Å². The van der Waals surface area contributed by atoms with Crippen molar-refractivity contribution in [3.8, 4) is 5.82 Å². The number of hydrogen-bond donors (Lipinski definition) is 0. The standard InChI is InChI=1S/C12H16ClN5/c1-5-6-10-15-11(13)7(2)12(16-10)18-9(4)14-8(3)17-18/h5-6H2,1-4H3. The van der Waals surface area contributed by atoms with Crippen LogP contribution in [0, 0.1) is 20.8 Å². The highest BCUT2D eigenvalue weighted by atomic mass is 35.5. The van der Waals surface area contributed by atoms with Crippen LogP contribution < -0.4 is 0 Å². The minimum atomic E-state index is 0.482. The van der Waals surface area contributed by atoms with Gasteiger partial charge in [-0.05, 0) is 27.2 Å². The van der Waals surface area contributed by atoms with Gasteiger partial charge in [0, 0.05) is 12.0 Å². The molecule has 0 radical (unpaired) electrons. The molecule has 0 fully saturated rings. The number of aryl methyl sites for hydroxylation is 3. The molecule has 6 heteroatoms. The summed E-state index contributed by atoms with van der Waals surface area (Å²) in [4.78, 5) is 13.1. The third-order valence-corrected chi connectivity index (χ3v) is 3.02. The Hall–Kier alpha value is -1.49. The summed E-state index contributed by atoms with van der Waals surface area (Å²) in [6, 6.07) is 0. The highest BCUT2D eigenvalue weighted by Gasteiger charge is 2.14. The third kappa shape index (κ3) is 2.36. The smallest absolute Gasteiger partial charge is 0.163 e. The summed E-state index contributed by atoms with van der Waals surface area (Å²) in [6.45, 7) is 7.73. The molecule has 0 unspecified atom stereocenters. The van der Waals surface area contributed by atoms with E-state index in [9.17, 15) is 0 Å². The van der Waals surface area contributed by atoms with E-state index in [0.29, 0.717) is 5.15 Å². The highest BCUT2D eigenvalue weighted by molar-refractivity contribution is 6.30. The summed E-state index contributed by atoms with van der Waals surface area (Å²) >= 11 is 6.15. The first-order chi connectivity index (χ1) is 8.52. The van der Waals surface area contributed by atoms with E-state index in [1.54, 1.807) is 4.68 Å². The average molecular weight is 266 g/mol. The Morgan fingerprint density at radius 2 is 1.83 bits per heavy atom. The molecule has 0 saturated heterocycles. The molecule has 0 aromatic carbocycles. The lowest BCUT2D eigenvalue weighted by Crippen LogP contribution is -2.09. The molecule has 0 aliphatic rings. The third-order valence-electron chi connectivity index (χ3n) is 2.66. The summed E-state index contributed by atoms with van der Waals surface area (Å²) in [5, 5.41) is 4.82.